The number of carbonyl (C=O) groups is 1. The van der Waals surface area contributed by atoms with Gasteiger partial charge in [0.1, 0.15) is 5.75 Å². The number of hydrogen-bond acceptors (Lipinski definition) is 5. The monoisotopic (exact) mass is 376 g/mol. The summed E-state index contributed by atoms with van der Waals surface area (Å²) in [7, 11) is 0. The molecular formula is C22H24N4O2. The van der Waals surface area contributed by atoms with Gasteiger partial charge in [0.2, 0.25) is 0 Å². The van der Waals surface area contributed by atoms with Crippen LogP contribution in [0.5, 0.6) is 5.75 Å². The zero-order valence-corrected chi connectivity index (χ0v) is 15.9. The number of aromatic nitrogens is 2. The predicted octanol–water partition coefficient (Wildman–Crippen LogP) is 3.98. The van der Waals surface area contributed by atoms with E-state index in [1.165, 1.54) is 5.56 Å². The van der Waals surface area contributed by atoms with Crippen LogP contribution in [0.4, 0.5) is 11.5 Å². The van der Waals surface area contributed by atoms with Gasteiger partial charge in [-0.25, -0.2) is 0 Å². The number of amides is 1. The molecule has 0 aliphatic carbocycles. The molecule has 0 saturated carbocycles. The molecule has 0 radical (unpaired) electrons. The molecular weight excluding hydrogens is 352 g/mol. The molecule has 2 aromatic carbocycles. The Morgan fingerprint density at radius 3 is 2.43 bits per heavy atom. The fourth-order valence-corrected chi connectivity index (χ4v) is 2.70. The maximum atomic E-state index is 12.2. The molecule has 2 N–H and O–H groups in total. The van der Waals surface area contributed by atoms with E-state index in [1.807, 2.05) is 49.4 Å². The van der Waals surface area contributed by atoms with Crippen LogP contribution >= 0.6 is 0 Å². The van der Waals surface area contributed by atoms with Crippen molar-refractivity contribution in [3.05, 3.63) is 78.0 Å². The average molecular weight is 376 g/mol. The minimum absolute atomic E-state index is 0.215. The van der Waals surface area contributed by atoms with Crippen LogP contribution in [0.3, 0.4) is 0 Å². The Balaban J connectivity index is 1.45. The van der Waals surface area contributed by atoms with Crippen LogP contribution in [-0.4, -0.2) is 29.3 Å². The van der Waals surface area contributed by atoms with Crippen LogP contribution in [0.2, 0.25) is 0 Å². The minimum atomic E-state index is -0.215. The van der Waals surface area contributed by atoms with Crippen molar-refractivity contribution in [2.24, 2.45) is 0 Å². The Morgan fingerprint density at radius 2 is 1.75 bits per heavy atom. The van der Waals surface area contributed by atoms with Gasteiger partial charge in [-0.3, -0.25) is 4.79 Å². The molecule has 0 aliphatic rings. The number of hydrogen-bond donors (Lipinski definition) is 2. The molecule has 3 aromatic rings. The molecule has 1 heterocycles. The van der Waals surface area contributed by atoms with Crippen LogP contribution < -0.4 is 15.4 Å². The van der Waals surface area contributed by atoms with Crippen LogP contribution in [0.15, 0.2) is 66.7 Å². The van der Waals surface area contributed by atoms with E-state index in [-0.39, 0.29) is 5.91 Å². The molecule has 0 unspecified atom stereocenters. The van der Waals surface area contributed by atoms with Gasteiger partial charge < -0.3 is 15.4 Å². The number of anilines is 2. The molecule has 1 amide bonds. The van der Waals surface area contributed by atoms with Crippen molar-refractivity contribution in [3.8, 4) is 5.75 Å². The van der Waals surface area contributed by atoms with Gasteiger partial charge in [-0.2, -0.15) is 0 Å². The van der Waals surface area contributed by atoms with Crippen molar-refractivity contribution < 1.29 is 9.53 Å². The molecule has 6 heteroatoms. The third-order valence-electron chi connectivity index (χ3n) is 4.11. The lowest BCUT2D eigenvalue weighted by molar-refractivity contribution is 0.0947. The largest absolute Gasteiger partial charge is 0.494 e. The summed E-state index contributed by atoms with van der Waals surface area (Å²) in [6, 6.07) is 21.2. The van der Waals surface area contributed by atoms with E-state index >= 15 is 0 Å². The zero-order chi connectivity index (χ0) is 19.6. The second kappa shape index (κ2) is 10.1. The fourth-order valence-electron chi connectivity index (χ4n) is 2.70. The summed E-state index contributed by atoms with van der Waals surface area (Å²) in [6.07, 6.45) is 1.80. The second-order valence-electron chi connectivity index (χ2n) is 6.23. The molecule has 144 valence electrons. The van der Waals surface area contributed by atoms with Gasteiger partial charge in [0.25, 0.3) is 5.91 Å². The van der Waals surface area contributed by atoms with Crippen molar-refractivity contribution in [1.29, 1.82) is 0 Å². The van der Waals surface area contributed by atoms with Crippen molar-refractivity contribution in [3.63, 3.8) is 0 Å². The fraction of sp³-hybridized carbons (Fsp3) is 0.227. The highest BCUT2D eigenvalue weighted by molar-refractivity contribution is 5.92. The topological polar surface area (TPSA) is 76.1 Å². The van der Waals surface area contributed by atoms with Crippen molar-refractivity contribution >= 4 is 17.4 Å². The number of nitrogens with zero attached hydrogens (tertiary/aromatic N) is 2. The summed E-state index contributed by atoms with van der Waals surface area (Å²) in [5.41, 5.74) is 2.44. The zero-order valence-electron chi connectivity index (χ0n) is 15.9. The van der Waals surface area contributed by atoms with E-state index in [4.69, 9.17) is 4.74 Å². The maximum absolute atomic E-state index is 12.2. The number of aryl methyl sites for hydroxylation is 1. The van der Waals surface area contributed by atoms with Crippen LogP contribution in [-0.2, 0) is 6.42 Å². The smallest absolute Gasteiger partial charge is 0.271 e. The number of nitrogens with one attached hydrogen (secondary N) is 2. The average Bonchev–Trinajstić information content (AvgIpc) is 2.74. The molecule has 0 saturated heterocycles. The first-order chi connectivity index (χ1) is 13.7. The lowest BCUT2D eigenvalue weighted by atomic mass is 10.1. The molecule has 1 aromatic heterocycles. The maximum Gasteiger partial charge on any atom is 0.271 e. The molecule has 28 heavy (non-hydrogen) atoms. The van der Waals surface area contributed by atoms with Gasteiger partial charge in [0, 0.05) is 12.2 Å². The second-order valence-corrected chi connectivity index (χ2v) is 6.23. The Labute approximate surface area is 165 Å². The summed E-state index contributed by atoms with van der Waals surface area (Å²) < 4.78 is 5.42. The molecule has 6 nitrogen and oxygen atoms in total. The Kier molecular flexibility index (Phi) is 6.95. The summed E-state index contributed by atoms with van der Waals surface area (Å²) in [5, 5.41) is 14.1. The van der Waals surface area contributed by atoms with E-state index in [0.717, 1.165) is 24.3 Å². The normalized spacial score (nSPS) is 10.3. The van der Waals surface area contributed by atoms with Gasteiger partial charge in [-0.05, 0) is 61.7 Å². The highest BCUT2D eigenvalue weighted by Crippen LogP contribution is 2.18. The van der Waals surface area contributed by atoms with E-state index in [2.05, 4.69) is 33.0 Å². The van der Waals surface area contributed by atoms with Gasteiger partial charge in [0.15, 0.2) is 11.5 Å². The van der Waals surface area contributed by atoms with Crippen molar-refractivity contribution in [2.45, 2.75) is 19.8 Å². The first kappa shape index (κ1) is 19.4. The Hall–Kier alpha value is -3.41. The van der Waals surface area contributed by atoms with E-state index < -0.39 is 0 Å². The van der Waals surface area contributed by atoms with Gasteiger partial charge in [-0.15, -0.1) is 10.2 Å². The number of carbonyl (C=O) groups excluding carboxylic acids is 1. The first-order valence-corrected chi connectivity index (χ1v) is 9.40. The molecule has 0 spiro atoms. The van der Waals surface area contributed by atoms with Gasteiger partial charge in [0.05, 0.1) is 6.61 Å². The summed E-state index contributed by atoms with van der Waals surface area (Å²) in [4.78, 5) is 12.2. The van der Waals surface area contributed by atoms with Gasteiger partial charge >= 0.3 is 0 Å². The first-order valence-electron chi connectivity index (χ1n) is 9.40. The Bertz CT molecular complexity index is 865. The van der Waals surface area contributed by atoms with E-state index in [1.54, 1.807) is 12.1 Å². The van der Waals surface area contributed by atoms with Gasteiger partial charge in [-0.1, -0.05) is 30.3 Å². The lowest BCUT2D eigenvalue weighted by Crippen LogP contribution is -2.26. The number of ether oxygens (including phenoxy) is 1. The number of benzene rings is 2. The summed E-state index contributed by atoms with van der Waals surface area (Å²) >= 11 is 0. The SMILES string of the molecule is CCOc1ccc(Nc2ccc(C(=O)NCCCc3ccccc3)nn2)cc1. The van der Waals surface area contributed by atoms with E-state index in [0.29, 0.717) is 24.7 Å². The molecule has 0 bridgehead atoms. The summed E-state index contributed by atoms with van der Waals surface area (Å²) in [6.45, 7) is 3.18. The van der Waals surface area contributed by atoms with Crippen molar-refractivity contribution in [2.75, 3.05) is 18.5 Å². The predicted molar refractivity (Wildman–Crippen MR) is 110 cm³/mol. The quantitative estimate of drug-likeness (QED) is 0.553. The van der Waals surface area contributed by atoms with E-state index in [9.17, 15) is 4.79 Å². The lowest BCUT2D eigenvalue weighted by Gasteiger charge is -2.08. The molecule has 0 fully saturated rings. The highest BCUT2D eigenvalue weighted by Gasteiger charge is 2.08. The number of rotatable bonds is 9. The molecule has 0 aliphatic heterocycles. The molecule has 3 rings (SSSR count). The van der Waals surface area contributed by atoms with Crippen LogP contribution in [0.25, 0.3) is 0 Å². The third kappa shape index (κ3) is 5.81. The van der Waals surface area contributed by atoms with Crippen molar-refractivity contribution in [1.82, 2.24) is 15.5 Å². The minimum Gasteiger partial charge on any atom is -0.494 e. The standard InChI is InChI=1S/C22H24N4O2/c1-2-28-19-12-10-18(11-13-19)24-21-15-14-20(25-26-21)22(27)23-16-6-9-17-7-4-3-5-8-17/h3-5,7-8,10-15H,2,6,9,16H2,1H3,(H,23,27)(H,24,26). The van der Waals surface area contributed by atoms with Crippen LogP contribution in [0, 0.1) is 0 Å². The Morgan fingerprint density at radius 1 is 0.964 bits per heavy atom. The highest BCUT2D eigenvalue weighted by atomic mass is 16.5. The summed E-state index contributed by atoms with van der Waals surface area (Å²) in [5.74, 6) is 1.18. The van der Waals surface area contributed by atoms with Crippen LogP contribution in [0.1, 0.15) is 29.4 Å². The molecule has 0 atom stereocenters. The third-order valence-corrected chi connectivity index (χ3v) is 4.11.